The Labute approximate surface area is 91.1 Å². The summed E-state index contributed by atoms with van der Waals surface area (Å²) in [4.78, 5) is 0. The molecule has 1 atom stereocenters. The van der Waals surface area contributed by atoms with Crippen LogP contribution in [0.25, 0.3) is 0 Å². The molecule has 90 valence electrons. The summed E-state index contributed by atoms with van der Waals surface area (Å²) in [5, 5.41) is 8.60. The van der Waals surface area contributed by atoms with Gasteiger partial charge < -0.3 is 9.84 Å². The van der Waals surface area contributed by atoms with E-state index in [9.17, 15) is 8.42 Å². The fourth-order valence-electron chi connectivity index (χ4n) is 1.64. The first-order valence-electron chi connectivity index (χ1n) is 5.26. The molecule has 0 aromatic carbocycles. The van der Waals surface area contributed by atoms with Crippen molar-refractivity contribution in [2.45, 2.75) is 25.8 Å². The third kappa shape index (κ3) is 3.71. The van der Waals surface area contributed by atoms with Gasteiger partial charge in [0.15, 0.2) is 0 Å². The van der Waals surface area contributed by atoms with Gasteiger partial charge in [-0.05, 0) is 19.8 Å². The highest BCUT2D eigenvalue weighted by atomic mass is 32.2. The van der Waals surface area contributed by atoms with Gasteiger partial charge in [0, 0.05) is 19.2 Å². The van der Waals surface area contributed by atoms with Gasteiger partial charge in [-0.1, -0.05) is 0 Å². The first kappa shape index (κ1) is 12.9. The van der Waals surface area contributed by atoms with E-state index in [2.05, 4.69) is 0 Å². The van der Waals surface area contributed by atoms with E-state index < -0.39 is 10.0 Å². The standard InChI is InChI=1S/C9H19NO4S/c1-9-8-14-6-4-10(9)15(12,13)7-3-2-5-11/h9,11H,2-8H2,1H3. The lowest BCUT2D eigenvalue weighted by Gasteiger charge is -2.32. The second kappa shape index (κ2) is 5.79. The summed E-state index contributed by atoms with van der Waals surface area (Å²) in [6.07, 6.45) is 1.06. The molecule has 1 unspecified atom stereocenters. The van der Waals surface area contributed by atoms with Crippen LogP contribution in [-0.4, -0.2) is 56.0 Å². The van der Waals surface area contributed by atoms with Crippen molar-refractivity contribution in [2.24, 2.45) is 0 Å². The lowest BCUT2D eigenvalue weighted by Crippen LogP contribution is -2.47. The molecule has 1 saturated heterocycles. The molecular formula is C9H19NO4S. The number of aliphatic hydroxyl groups excluding tert-OH is 1. The quantitative estimate of drug-likeness (QED) is 0.673. The molecule has 15 heavy (non-hydrogen) atoms. The topological polar surface area (TPSA) is 66.8 Å². The van der Waals surface area contributed by atoms with Gasteiger partial charge in [-0.15, -0.1) is 0 Å². The number of hydrogen-bond acceptors (Lipinski definition) is 4. The van der Waals surface area contributed by atoms with E-state index in [0.29, 0.717) is 32.6 Å². The zero-order chi connectivity index (χ0) is 11.3. The molecule has 1 aliphatic rings. The lowest BCUT2D eigenvalue weighted by molar-refractivity contribution is 0.0392. The predicted molar refractivity (Wildman–Crippen MR) is 57.1 cm³/mol. The van der Waals surface area contributed by atoms with Gasteiger partial charge in [-0.2, -0.15) is 4.31 Å². The van der Waals surface area contributed by atoms with Crippen LogP contribution in [0.3, 0.4) is 0 Å². The van der Waals surface area contributed by atoms with E-state index in [1.54, 1.807) is 0 Å². The molecule has 0 radical (unpaired) electrons. The fraction of sp³-hybridized carbons (Fsp3) is 1.00. The number of rotatable bonds is 5. The molecule has 0 aromatic rings. The first-order chi connectivity index (χ1) is 7.08. The van der Waals surface area contributed by atoms with Crippen molar-refractivity contribution in [1.82, 2.24) is 4.31 Å². The fourth-order valence-corrected chi connectivity index (χ4v) is 3.40. The summed E-state index contributed by atoms with van der Waals surface area (Å²) in [6, 6.07) is -0.0714. The Bertz CT molecular complexity index is 278. The summed E-state index contributed by atoms with van der Waals surface area (Å²) >= 11 is 0. The maximum atomic E-state index is 11.9. The van der Waals surface area contributed by atoms with Crippen LogP contribution in [0.1, 0.15) is 19.8 Å². The maximum absolute atomic E-state index is 11.9. The summed E-state index contributed by atoms with van der Waals surface area (Å²) < 4.78 is 30.4. The molecule has 5 nitrogen and oxygen atoms in total. The highest BCUT2D eigenvalue weighted by Gasteiger charge is 2.29. The third-order valence-corrected chi connectivity index (χ3v) is 4.54. The van der Waals surface area contributed by atoms with Gasteiger partial charge in [0.25, 0.3) is 0 Å². The number of unbranched alkanes of at least 4 members (excludes halogenated alkanes) is 1. The van der Waals surface area contributed by atoms with E-state index in [-0.39, 0.29) is 18.4 Å². The second-order valence-electron chi connectivity index (χ2n) is 3.78. The van der Waals surface area contributed by atoms with Crippen LogP contribution in [0, 0.1) is 0 Å². The third-order valence-electron chi connectivity index (χ3n) is 2.47. The molecule has 1 heterocycles. The van der Waals surface area contributed by atoms with Crippen molar-refractivity contribution in [3.8, 4) is 0 Å². The Morgan fingerprint density at radius 1 is 1.47 bits per heavy atom. The number of hydrogen-bond donors (Lipinski definition) is 1. The Hall–Kier alpha value is -0.170. The second-order valence-corrected chi connectivity index (χ2v) is 5.82. The zero-order valence-electron chi connectivity index (χ0n) is 9.05. The van der Waals surface area contributed by atoms with E-state index in [1.165, 1.54) is 4.31 Å². The van der Waals surface area contributed by atoms with E-state index in [4.69, 9.17) is 9.84 Å². The van der Waals surface area contributed by atoms with Gasteiger partial charge in [0.1, 0.15) is 0 Å². The highest BCUT2D eigenvalue weighted by molar-refractivity contribution is 7.89. The van der Waals surface area contributed by atoms with Crippen molar-refractivity contribution < 1.29 is 18.3 Å². The van der Waals surface area contributed by atoms with Gasteiger partial charge in [-0.3, -0.25) is 0 Å². The number of ether oxygens (including phenoxy) is 1. The molecule has 0 amide bonds. The van der Waals surface area contributed by atoms with Crippen LogP contribution < -0.4 is 0 Å². The van der Waals surface area contributed by atoms with Crippen molar-refractivity contribution in [3.63, 3.8) is 0 Å². The van der Waals surface area contributed by atoms with Crippen LogP contribution in [0.2, 0.25) is 0 Å². The first-order valence-corrected chi connectivity index (χ1v) is 6.87. The monoisotopic (exact) mass is 237 g/mol. The van der Waals surface area contributed by atoms with Crippen LogP contribution in [0.15, 0.2) is 0 Å². The van der Waals surface area contributed by atoms with Gasteiger partial charge in [-0.25, -0.2) is 8.42 Å². The molecule has 6 heteroatoms. The normalized spacial score (nSPS) is 24.3. The minimum absolute atomic E-state index is 0.0498. The Morgan fingerprint density at radius 2 is 2.20 bits per heavy atom. The number of morpholine rings is 1. The largest absolute Gasteiger partial charge is 0.396 e. The molecule has 1 aliphatic heterocycles. The Balaban J connectivity index is 2.51. The molecule has 0 aliphatic carbocycles. The molecule has 0 aromatic heterocycles. The number of sulfonamides is 1. The van der Waals surface area contributed by atoms with Crippen molar-refractivity contribution in [2.75, 3.05) is 32.1 Å². The van der Waals surface area contributed by atoms with E-state index in [0.717, 1.165) is 0 Å². The Kier molecular flexibility index (Phi) is 4.98. The lowest BCUT2D eigenvalue weighted by atomic mass is 10.3. The van der Waals surface area contributed by atoms with Crippen molar-refractivity contribution in [1.29, 1.82) is 0 Å². The summed E-state index contributed by atoms with van der Waals surface area (Å²) in [5.74, 6) is 0.123. The summed E-state index contributed by atoms with van der Waals surface area (Å²) in [5.41, 5.74) is 0. The molecule has 1 fully saturated rings. The Morgan fingerprint density at radius 3 is 2.80 bits per heavy atom. The highest BCUT2D eigenvalue weighted by Crippen LogP contribution is 2.13. The summed E-state index contributed by atoms with van der Waals surface area (Å²) in [6.45, 7) is 3.29. The average molecular weight is 237 g/mol. The predicted octanol–water partition coefficient (Wildman–Crippen LogP) is -0.191. The SMILES string of the molecule is CC1COCCN1S(=O)(=O)CCCCO. The number of aliphatic hydroxyl groups is 1. The molecule has 0 bridgehead atoms. The molecule has 1 N–H and O–H groups in total. The molecule has 0 spiro atoms. The number of nitrogens with zero attached hydrogens (tertiary/aromatic N) is 1. The zero-order valence-corrected chi connectivity index (χ0v) is 9.87. The van der Waals surface area contributed by atoms with Gasteiger partial charge in [0.05, 0.1) is 19.0 Å². The molecule has 1 rings (SSSR count). The van der Waals surface area contributed by atoms with Crippen LogP contribution in [0.5, 0.6) is 0 Å². The molecule has 0 saturated carbocycles. The van der Waals surface area contributed by atoms with E-state index >= 15 is 0 Å². The summed E-state index contributed by atoms with van der Waals surface area (Å²) in [7, 11) is -3.16. The van der Waals surface area contributed by atoms with Gasteiger partial charge in [0.2, 0.25) is 10.0 Å². The minimum Gasteiger partial charge on any atom is -0.396 e. The average Bonchev–Trinajstić information content (AvgIpc) is 2.18. The van der Waals surface area contributed by atoms with Crippen LogP contribution in [0.4, 0.5) is 0 Å². The van der Waals surface area contributed by atoms with Crippen LogP contribution in [-0.2, 0) is 14.8 Å². The molecular weight excluding hydrogens is 218 g/mol. The van der Waals surface area contributed by atoms with Crippen molar-refractivity contribution in [3.05, 3.63) is 0 Å². The smallest absolute Gasteiger partial charge is 0.214 e. The van der Waals surface area contributed by atoms with Crippen LogP contribution >= 0.6 is 0 Å². The van der Waals surface area contributed by atoms with Crippen molar-refractivity contribution >= 4 is 10.0 Å². The van der Waals surface area contributed by atoms with Gasteiger partial charge >= 0.3 is 0 Å². The maximum Gasteiger partial charge on any atom is 0.214 e. The minimum atomic E-state index is -3.16. The van der Waals surface area contributed by atoms with E-state index in [1.807, 2.05) is 6.92 Å².